The number of methoxy groups -OCH3 is 1. The number of fused-ring (bicyclic) bond motifs is 1. The van der Waals surface area contributed by atoms with Crippen molar-refractivity contribution in [1.82, 2.24) is 9.55 Å². The molecule has 1 aromatic heterocycles. The molecule has 0 saturated carbocycles. The van der Waals surface area contributed by atoms with E-state index in [2.05, 4.69) is 16.9 Å². The topological polar surface area (TPSA) is 73.2 Å². The molecular formula is C18H19N3O3S. The Hall–Kier alpha value is -2.54. The third-order valence-electron chi connectivity index (χ3n) is 4.15. The van der Waals surface area contributed by atoms with Gasteiger partial charge in [-0.1, -0.05) is 30.0 Å². The lowest BCUT2D eigenvalue weighted by atomic mass is 9.87. The zero-order chi connectivity index (χ0) is 18.0. The summed E-state index contributed by atoms with van der Waals surface area (Å²) >= 11 is 1.40. The van der Waals surface area contributed by atoms with E-state index in [1.54, 1.807) is 24.8 Å². The Bertz CT molecular complexity index is 874. The SMILES string of the molecule is C=CCSc1nc(=O)c2c(n1C)NC(=O)C[C@@H]2c1ccc(OC)cc1. The molecule has 2 aromatic rings. The van der Waals surface area contributed by atoms with Gasteiger partial charge in [0.1, 0.15) is 11.6 Å². The number of hydrogen-bond donors (Lipinski definition) is 1. The molecule has 1 amide bonds. The molecule has 6 nitrogen and oxygen atoms in total. The molecule has 1 aliphatic heterocycles. The highest BCUT2D eigenvalue weighted by atomic mass is 32.2. The van der Waals surface area contributed by atoms with Gasteiger partial charge in [-0.05, 0) is 17.7 Å². The van der Waals surface area contributed by atoms with E-state index in [9.17, 15) is 9.59 Å². The standard InChI is InChI=1S/C18H19N3O3S/c1-4-9-25-18-20-17(23)15-13(10-14(22)19-16(15)21(18)2)11-5-7-12(24-3)8-6-11/h4-8,13H,1,9-10H2,2-3H3,(H,19,22)/t13-/m1/s1. The molecule has 0 spiro atoms. The zero-order valence-corrected chi connectivity index (χ0v) is 14.9. The number of amides is 1. The molecule has 1 aromatic carbocycles. The number of anilines is 1. The Labute approximate surface area is 149 Å². The lowest BCUT2D eigenvalue weighted by Crippen LogP contribution is -2.33. The smallest absolute Gasteiger partial charge is 0.279 e. The number of nitrogens with one attached hydrogen (secondary N) is 1. The summed E-state index contributed by atoms with van der Waals surface area (Å²) in [6.45, 7) is 3.68. The van der Waals surface area contributed by atoms with Crippen molar-refractivity contribution in [3.63, 3.8) is 0 Å². The number of rotatable bonds is 5. The predicted molar refractivity (Wildman–Crippen MR) is 98.5 cm³/mol. The first-order chi connectivity index (χ1) is 12.0. The molecule has 0 radical (unpaired) electrons. The largest absolute Gasteiger partial charge is 0.497 e. The number of aromatic nitrogens is 2. The number of ether oxygens (including phenoxy) is 1. The minimum atomic E-state index is -0.320. The summed E-state index contributed by atoms with van der Waals surface area (Å²) < 4.78 is 6.94. The van der Waals surface area contributed by atoms with Crippen molar-refractivity contribution >= 4 is 23.5 Å². The number of nitrogens with zero attached hydrogens (tertiary/aromatic N) is 2. The molecule has 25 heavy (non-hydrogen) atoms. The van der Waals surface area contributed by atoms with Crippen LogP contribution in [0.2, 0.25) is 0 Å². The first-order valence-corrected chi connectivity index (χ1v) is 8.82. The van der Waals surface area contributed by atoms with Gasteiger partial charge in [0, 0.05) is 25.1 Å². The van der Waals surface area contributed by atoms with Crippen LogP contribution < -0.4 is 15.6 Å². The van der Waals surface area contributed by atoms with Crippen LogP contribution in [-0.2, 0) is 11.8 Å². The van der Waals surface area contributed by atoms with Gasteiger partial charge in [0.05, 0.1) is 12.7 Å². The van der Waals surface area contributed by atoms with Crippen molar-refractivity contribution in [3.8, 4) is 5.75 Å². The lowest BCUT2D eigenvalue weighted by Gasteiger charge is -2.27. The van der Waals surface area contributed by atoms with Crippen LogP contribution in [-0.4, -0.2) is 28.3 Å². The molecule has 0 unspecified atom stereocenters. The van der Waals surface area contributed by atoms with E-state index in [4.69, 9.17) is 4.74 Å². The van der Waals surface area contributed by atoms with E-state index in [0.717, 1.165) is 11.3 Å². The summed E-state index contributed by atoms with van der Waals surface area (Å²) in [6, 6.07) is 7.42. The van der Waals surface area contributed by atoms with Crippen LogP contribution in [0.3, 0.4) is 0 Å². The van der Waals surface area contributed by atoms with Crippen molar-refractivity contribution in [2.75, 3.05) is 18.2 Å². The van der Waals surface area contributed by atoms with Crippen LogP contribution in [0.25, 0.3) is 0 Å². The third-order valence-corrected chi connectivity index (χ3v) is 5.18. The summed E-state index contributed by atoms with van der Waals surface area (Å²) in [7, 11) is 3.40. The van der Waals surface area contributed by atoms with Crippen LogP contribution >= 0.6 is 11.8 Å². The second kappa shape index (κ2) is 7.14. The van der Waals surface area contributed by atoms with Gasteiger partial charge in [0.2, 0.25) is 5.91 Å². The maximum atomic E-state index is 12.7. The van der Waals surface area contributed by atoms with Gasteiger partial charge in [-0.3, -0.25) is 9.59 Å². The maximum absolute atomic E-state index is 12.7. The molecule has 7 heteroatoms. The number of benzene rings is 1. The van der Waals surface area contributed by atoms with Crippen molar-refractivity contribution in [2.45, 2.75) is 17.5 Å². The molecule has 0 saturated heterocycles. The van der Waals surface area contributed by atoms with E-state index in [1.165, 1.54) is 11.8 Å². The Morgan fingerprint density at radius 3 is 2.76 bits per heavy atom. The van der Waals surface area contributed by atoms with Gasteiger partial charge in [-0.15, -0.1) is 6.58 Å². The van der Waals surface area contributed by atoms with Gasteiger partial charge in [-0.25, -0.2) is 0 Å². The number of carbonyl (C=O) groups is 1. The Balaban J connectivity index is 2.10. The van der Waals surface area contributed by atoms with Gasteiger partial charge in [0.25, 0.3) is 5.56 Å². The summed E-state index contributed by atoms with van der Waals surface area (Å²) in [5.41, 5.74) is 1.11. The zero-order valence-electron chi connectivity index (χ0n) is 14.1. The first-order valence-electron chi connectivity index (χ1n) is 7.83. The Morgan fingerprint density at radius 1 is 1.40 bits per heavy atom. The van der Waals surface area contributed by atoms with Crippen molar-refractivity contribution in [1.29, 1.82) is 0 Å². The third kappa shape index (κ3) is 3.32. The van der Waals surface area contributed by atoms with E-state index < -0.39 is 0 Å². The molecule has 1 atom stereocenters. The second-order valence-electron chi connectivity index (χ2n) is 5.70. The number of hydrogen-bond acceptors (Lipinski definition) is 5. The molecule has 0 aliphatic carbocycles. The van der Waals surface area contributed by atoms with Crippen LogP contribution in [0.5, 0.6) is 5.75 Å². The minimum Gasteiger partial charge on any atom is -0.497 e. The molecule has 1 N–H and O–H groups in total. The second-order valence-corrected chi connectivity index (χ2v) is 6.69. The first kappa shape index (κ1) is 17.3. The number of carbonyl (C=O) groups excluding carboxylic acids is 1. The summed E-state index contributed by atoms with van der Waals surface area (Å²) in [5.74, 6) is 1.44. The molecule has 2 heterocycles. The van der Waals surface area contributed by atoms with Crippen LogP contribution in [0, 0.1) is 0 Å². The molecule has 0 fully saturated rings. The van der Waals surface area contributed by atoms with Gasteiger partial charge < -0.3 is 14.6 Å². The fourth-order valence-corrected chi connectivity index (χ4v) is 3.62. The minimum absolute atomic E-state index is 0.116. The lowest BCUT2D eigenvalue weighted by molar-refractivity contribution is -0.116. The Kier molecular flexibility index (Phi) is 4.94. The molecule has 0 bridgehead atoms. The van der Waals surface area contributed by atoms with Crippen molar-refractivity contribution in [3.05, 3.63) is 58.4 Å². The monoisotopic (exact) mass is 357 g/mol. The highest BCUT2D eigenvalue weighted by Gasteiger charge is 2.32. The Morgan fingerprint density at radius 2 is 2.12 bits per heavy atom. The highest BCUT2D eigenvalue weighted by Crippen LogP contribution is 2.36. The van der Waals surface area contributed by atoms with Crippen LogP contribution in [0.4, 0.5) is 5.82 Å². The van der Waals surface area contributed by atoms with Gasteiger partial charge >= 0.3 is 0 Å². The molecule has 1 aliphatic rings. The van der Waals surface area contributed by atoms with Gasteiger partial charge in [-0.2, -0.15) is 4.98 Å². The summed E-state index contributed by atoms with van der Waals surface area (Å²) in [6.07, 6.45) is 1.96. The molecule has 130 valence electrons. The highest BCUT2D eigenvalue weighted by molar-refractivity contribution is 7.99. The van der Waals surface area contributed by atoms with E-state index in [0.29, 0.717) is 22.3 Å². The predicted octanol–water partition coefficient (Wildman–Crippen LogP) is 2.54. The summed E-state index contributed by atoms with van der Waals surface area (Å²) in [4.78, 5) is 29.1. The van der Waals surface area contributed by atoms with E-state index in [1.807, 2.05) is 24.3 Å². The molecule has 3 rings (SSSR count). The van der Waals surface area contributed by atoms with Crippen molar-refractivity contribution in [2.24, 2.45) is 7.05 Å². The van der Waals surface area contributed by atoms with E-state index >= 15 is 0 Å². The normalized spacial score (nSPS) is 16.1. The average Bonchev–Trinajstić information content (AvgIpc) is 2.62. The summed E-state index contributed by atoms with van der Waals surface area (Å²) in [5, 5.41) is 3.38. The average molecular weight is 357 g/mol. The van der Waals surface area contributed by atoms with E-state index in [-0.39, 0.29) is 23.8 Å². The van der Waals surface area contributed by atoms with Crippen LogP contribution in [0.15, 0.2) is 46.9 Å². The fraction of sp³-hybridized carbons (Fsp3) is 0.278. The fourth-order valence-electron chi connectivity index (χ4n) is 2.92. The number of thioether (sulfide) groups is 1. The van der Waals surface area contributed by atoms with Gasteiger partial charge in [0.15, 0.2) is 5.16 Å². The van der Waals surface area contributed by atoms with Crippen LogP contribution in [0.1, 0.15) is 23.5 Å². The maximum Gasteiger partial charge on any atom is 0.279 e. The molecular weight excluding hydrogens is 338 g/mol. The van der Waals surface area contributed by atoms with Crippen molar-refractivity contribution < 1.29 is 9.53 Å². The quantitative estimate of drug-likeness (QED) is 0.506.